The Balaban J connectivity index is 1.16. The van der Waals surface area contributed by atoms with Crippen molar-refractivity contribution < 1.29 is 22.6 Å². The normalized spacial score (nSPS) is 16.6. The van der Waals surface area contributed by atoms with Gasteiger partial charge in [0.2, 0.25) is 5.95 Å². The topological polar surface area (TPSA) is 113 Å². The third-order valence-electron chi connectivity index (χ3n) is 7.79. The summed E-state index contributed by atoms with van der Waals surface area (Å²) in [5, 5.41) is 7.24. The first-order valence-electron chi connectivity index (χ1n) is 14.0. The second-order valence-corrected chi connectivity index (χ2v) is 11.5. The molecule has 0 bridgehead atoms. The van der Waals surface area contributed by atoms with Crippen molar-refractivity contribution in [3.05, 3.63) is 99.0 Å². The minimum absolute atomic E-state index is 0.0467. The molecule has 1 saturated carbocycles. The number of hydrogen-bond acceptors (Lipinski definition) is 8. The lowest BCUT2D eigenvalue weighted by atomic mass is 9.88. The van der Waals surface area contributed by atoms with E-state index >= 15 is 0 Å². The van der Waals surface area contributed by atoms with Gasteiger partial charge in [0.1, 0.15) is 21.7 Å². The summed E-state index contributed by atoms with van der Waals surface area (Å²) in [5.74, 6) is 0.467. The van der Waals surface area contributed by atoms with Gasteiger partial charge in [-0.25, -0.2) is 14.5 Å². The second kappa shape index (κ2) is 11.6. The van der Waals surface area contributed by atoms with Crippen molar-refractivity contribution >= 4 is 51.5 Å². The Morgan fingerprint density at radius 1 is 1.07 bits per heavy atom. The predicted molar refractivity (Wildman–Crippen MR) is 164 cm³/mol. The zero-order valence-corrected chi connectivity index (χ0v) is 25.4. The number of aromatic nitrogens is 7. The summed E-state index contributed by atoms with van der Waals surface area (Å²) >= 11 is 12.9. The average Bonchev–Trinajstić information content (AvgIpc) is 3.56. The lowest BCUT2D eigenvalue weighted by Gasteiger charge is -2.36. The SMILES string of the molecule is Cn1c(Nc2cc(C(F)(F)F)cn(C3CC(OCc4ccccc4)C3)c2=O)nc2ncc(Oc3cnn4ccnc(Cl)c34)c(Cl)c21. The molecule has 1 aliphatic rings. The third kappa shape index (κ3) is 5.52. The van der Waals surface area contributed by atoms with Crippen molar-refractivity contribution in [3.8, 4) is 11.5 Å². The molecule has 0 atom stereocenters. The van der Waals surface area contributed by atoms with Crippen LogP contribution in [0.3, 0.4) is 0 Å². The monoisotopic (exact) mass is 670 g/mol. The Kier molecular flexibility index (Phi) is 7.57. The van der Waals surface area contributed by atoms with E-state index < -0.39 is 23.3 Å². The highest BCUT2D eigenvalue weighted by Crippen LogP contribution is 2.39. The molecule has 236 valence electrons. The van der Waals surface area contributed by atoms with Crippen molar-refractivity contribution in [3.63, 3.8) is 0 Å². The number of ether oxygens (including phenoxy) is 2. The van der Waals surface area contributed by atoms with E-state index in [-0.39, 0.29) is 45.1 Å². The zero-order valence-electron chi connectivity index (χ0n) is 23.9. The van der Waals surface area contributed by atoms with Gasteiger partial charge in [-0.3, -0.25) is 4.79 Å². The van der Waals surface area contributed by atoms with E-state index in [2.05, 4.69) is 25.4 Å². The van der Waals surface area contributed by atoms with Gasteiger partial charge in [0.25, 0.3) is 5.56 Å². The molecule has 0 radical (unpaired) electrons. The number of aryl methyl sites for hydroxylation is 1. The molecule has 0 amide bonds. The number of nitrogens with zero attached hydrogens (tertiary/aromatic N) is 7. The van der Waals surface area contributed by atoms with Crippen LogP contribution in [0.1, 0.15) is 30.0 Å². The van der Waals surface area contributed by atoms with Gasteiger partial charge >= 0.3 is 6.18 Å². The molecule has 0 unspecified atom stereocenters. The molecular weight excluding hydrogens is 648 g/mol. The summed E-state index contributed by atoms with van der Waals surface area (Å²) in [4.78, 5) is 26.2. The Labute approximate surface area is 268 Å². The fraction of sp³-hybridized carbons (Fsp3) is 0.233. The van der Waals surface area contributed by atoms with E-state index in [1.54, 1.807) is 13.2 Å². The molecule has 11 nitrogen and oxygen atoms in total. The Morgan fingerprint density at radius 3 is 2.61 bits per heavy atom. The van der Waals surface area contributed by atoms with E-state index in [0.717, 1.165) is 22.4 Å². The molecule has 7 rings (SSSR count). The number of imidazole rings is 1. The maximum absolute atomic E-state index is 14.0. The average molecular weight is 671 g/mol. The van der Waals surface area contributed by atoms with Crippen LogP contribution in [-0.2, 0) is 24.6 Å². The molecule has 5 aromatic heterocycles. The number of benzene rings is 1. The third-order valence-corrected chi connectivity index (χ3v) is 8.43. The maximum Gasteiger partial charge on any atom is 0.417 e. The van der Waals surface area contributed by atoms with Gasteiger partial charge in [-0.1, -0.05) is 53.5 Å². The lowest BCUT2D eigenvalue weighted by molar-refractivity contribution is -0.138. The minimum Gasteiger partial charge on any atom is -0.450 e. The number of anilines is 2. The molecule has 46 heavy (non-hydrogen) atoms. The van der Waals surface area contributed by atoms with Crippen LogP contribution in [0, 0.1) is 0 Å². The number of nitrogens with one attached hydrogen (secondary N) is 1. The van der Waals surface area contributed by atoms with Gasteiger partial charge in [-0.05, 0) is 24.5 Å². The lowest BCUT2D eigenvalue weighted by Crippen LogP contribution is -2.39. The molecule has 1 aromatic carbocycles. The fourth-order valence-corrected chi connectivity index (χ4v) is 5.83. The van der Waals surface area contributed by atoms with Gasteiger partial charge in [-0.15, -0.1) is 0 Å². The van der Waals surface area contributed by atoms with Crippen LogP contribution < -0.4 is 15.6 Å². The molecule has 1 fully saturated rings. The van der Waals surface area contributed by atoms with E-state index in [9.17, 15) is 18.0 Å². The van der Waals surface area contributed by atoms with Crippen LogP contribution in [0.15, 0.2) is 72.2 Å². The van der Waals surface area contributed by atoms with Crippen molar-refractivity contribution in [2.24, 2.45) is 7.05 Å². The number of fused-ring (bicyclic) bond motifs is 2. The quantitative estimate of drug-likeness (QED) is 0.185. The van der Waals surface area contributed by atoms with E-state index in [0.29, 0.717) is 30.5 Å². The Morgan fingerprint density at radius 2 is 1.85 bits per heavy atom. The molecular formula is C30H23Cl2F3N8O3. The van der Waals surface area contributed by atoms with Gasteiger partial charge < -0.3 is 23.9 Å². The predicted octanol–water partition coefficient (Wildman–Crippen LogP) is 6.95. The smallest absolute Gasteiger partial charge is 0.417 e. The molecule has 0 aliphatic heterocycles. The van der Waals surface area contributed by atoms with Crippen molar-refractivity contribution in [1.29, 1.82) is 0 Å². The number of hydrogen-bond donors (Lipinski definition) is 1. The fourth-order valence-electron chi connectivity index (χ4n) is 5.30. The number of rotatable bonds is 8. The van der Waals surface area contributed by atoms with Gasteiger partial charge in [0.05, 0.1) is 30.7 Å². The summed E-state index contributed by atoms with van der Waals surface area (Å²) in [7, 11) is 1.58. The highest BCUT2D eigenvalue weighted by molar-refractivity contribution is 6.36. The van der Waals surface area contributed by atoms with Gasteiger partial charge in [0, 0.05) is 31.7 Å². The maximum atomic E-state index is 14.0. The van der Waals surface area contributed by atoms with Crippen LogP contribution in [0.25, 0.3) is 16.7 Å². The standard InChI is InChI=1S/C30H23Cl2F3N8O3/c1-41-25-23(31)21(46-22-13-38-43-8-7-36-26(32)24(22)43)12-37-27(25)40-29(41)39-20-9-17(30(33,34)35)14-42(28(20)44)18-10-19(11-18)45-15-16-5-3-2-4-6-16/h2-9,12-14,18-19H,10-11,15H2,1H3,(H,37,39,40). The van der Waals surface area contributed by atoms with Crippen LogP contribution in [0.5, 0.6) is 11.5 Å². The van der Waals surface area contributed by atoms with Crippen LogP contribution in [0.2, 0.25) is 10.2 Å². The molecule has 5 heterocycles. The van der Waals surface area contributed by atoms with Crippen molar-refractivity contribution in [2.75, 3.05) is 5.32 Å². The zero-order chi connectivity index (χ0) is 32.2. The molecule has 0 spiro atoms. The Hall–Kier alpha value is -4.66. The van der Waals surface area contributed by atoms with Gasteiger partial charge in [0.15, 0.2) is 22.3 Å². The van der Waals surface area contributed by atoms with Crippen LogP contribution in [0.4, 0.5) is 24.8 Å². The number of pyridine rings is 2. The van der Waals surface area contributed by atoms with Crippen LogP contribution in [-0.4, -0.2) is 39.8 Å². The number of halogens is 5. The van der Waals surface area contributed by atoms with E-state index in [1.165, 1.54) is 27.7 Å². The molecule has 1 N–H and O–H groups in total. The second-order valence-electron chi connectivity index (χ2n) is 10.7. The first-order chi connectivity index (χ1) is 22.1. The van der Waals surface area contributed by atoms with Gasteiger partial charge in [-0.2, -0.15) is 23.3 Å². The summed E-state index contributed by atoms with van der Waals surface area (Å²) in [6, 6.07) is 9.87. The van der Waals surface area contributed by atoms with E-state index in [1.807, 2.05) is 30.3 Å². The summed E-state index contributed by atoms with van der Waals surface area (Å²) < 4.78 is 57.8. The largest absolute Gasteiger partial charge is 0.450 e. The summed E-state index contributed by atoms with van der Waals surface area (Å²) in [6.07, 6.45) is 2.65. The first kappa shape index (κ1) is 30.0. The summed E-state index contributed by atoms with van der Waals surface area (Å²) in [6.45, 7) is 0.378. The highest BCUT2D eigenvalue weighted by atomic mass is 35.5. The van der Waals surface area contributed by atoms with Crippen LogP contribution >= 0.6 is 23.2 Å². The van der Waals surface area contributed by atoms with Crippen molar-refractivity contribution in [1.82, 2.24) is 33.7 Å². The highest BCUT2D eigenvalue weighted by Gasteiger charge is 2.37. The van der Waals surface area contributed by atoms with Crippen molar-refractivity contribution in [2.45, 2.75) is 37.8 Å². The van der Waals surface area contributed by atoms with E-state index in [4.69, 9.17) is 32.7 Å². The first-order valence-corrected chi connectivity index (χ1v) is 14.7. The Bertz CT molecular complexity index is 2140. The number of alkyl halides is 3. The summed E-state index contributed by atoms with van der Waals surface area (Å²) in [5.41, 5.74) is -0.0269. The molecule has 1 aliphatic carbocycles. The molecule has 6 aromatic rings. The molecule has 16 heteroatoms. The molecule has 0 saturated heterocycles. The minimum atomic E-state index is -4.70.